The van der Waals surface area contributed by atoms with Crippen molar-refractivity contribution in [3.63, 3.8) is 0 Å². The van der Waals surface area contributed by atoms with Crippen molar-refractivity contribution < 1.29 is 0 Å². The molecule has 1 nitrogen and oxygen atoms in total. The maximum Gasteiger partial charge on any atom is 0.0488 e. The van der Waals surface area contributed by atoms with Crippen LogP contribution in [0.3, 0.4) is 0 Å². The van der Waals surface area contributed by atoms with E-state index < -0.39 is 0 Å². The number of hydrogen-bond acceptors (Lipinski definition) is 0. The van der Waals surface area contributed by atoms with E-state index in [1.165, 1.54) is 47.8 Å². The van der Waals surface area contributed by atoms with Crippen molar-refractivity contribution >= 4 is 10.9 Å². The highest BCUT2D eigenvalue weighted by Gasteiger charge is 2.15. The molecule has 3 rings (SSSR count). The van der Waals surface area contributed by atoms with Gasteiger partial charge in [-0.3, -0.25) is 0 Å². The van der Waals surface area contributed by atoms with Crippen LogP contribution < -0.4 is 0 Å². The van der Waals surface area contributed by atoms with Gasteiger partial charge in [-0.25, -0.2) is 0 Å². The Hall–Kier alpha value is -1.24. The lowest BCUT2D eigenvalue weighted by Crippen LogP contribution is -1.99. The van der Waals surface area contributed by atoms with Crippen molar-refractivity contribution in [3.8, 4) is 0 Å². The Bertz CT molecular complexity index is 479. The molecule has 0 aliphatic heterocycles. The zero-order chi connectivity index (χ0) is 9.54. The molecule has 0 saturated heterocycles. The second-order valence-corrected chi connectivity index (χ2v) is 4.29. The number of aromatic nitrogens is 1. The van der Waals surface area contributed by atoms with E-state index in [2.05, 4.69) is 30.1 Å². The van der Waals surface area contributed by atoms with Crippen LogP contribution in [0.1, 0.15) is 29.7 Å². The number of para-hydroxylation sites is 1. The van der Waals surface area contributed by atoms with Gasteiger partial charge in [-0.2, -0.15) is 0 Å². The summed E-state index contributed by atoms with van der Waals surface area (Å²) in [7, 11) is 0. The molecule has 0 radical (unpaired) electrons. The van der Waals surface area contributed by atoms with Gasteiger partial charge in [0.15, 0.2) is 0 Å². The molecule has 0 fully saturated rings. The van der Waals surface area contributed by atoms with E-state index in [4.69, 9.17) is 0 Å². The quantitative estimate of drug-likeness (QED) is 0.647. The molecule has 1 aromatic carbocycles. The minimum Gasteiger partial charge on any atom is -0.358 e. The molecule has 1 aliphatic carbocycles. The van der Waals surface area contributed by atoms with E-state index in [0.29, 0.717) is 0 Å². The fraction of sp³-hybridized carbons (Fsp3) is 0.385. The lowest BCUT2D eigenvalue weighted by molar-refractivity contribution is 0.680. The van der Waals surface area contributed by atoms with Gasteiger partial charge >= 0.3 is 0 Å². The molecule has 0 saturated carbocycles. The van der Waals surface area contributed by atoms with Crippen LogP contribution in [0.5, 0.6) is 0 Å². The number of rotatable bonds is 0. The molecule has 0 unspecified atom stereocenters. The van der Waals surface area contributed by atoms with E-state index in [-0.39, 0.29) is 0 Å². The number of aromatic amines is 1. The van der Waals surface area contributed by atoms with Crippen LogP contribution in [-0.2, 0) is 12.8 Å². The summed E-state index contributed by atoms with van der Waals surface area (Å²) >= 11 is 0. The molecule has 1 aliphatic rings. The fourth-order valence-electron chi connectivity index (χ4n) is 2.58. The highest BCUT2D eigenvalue weighted by Crippen LogP contribution is 2.30. The molecular formula is C13H15N. The molecule has 1 N–H and O–H groups in total. The van der Waals surface area contributed by atoms with Gasteiger partial charge < -0.3 is 4.98 Å². The Balaban J connectivity index is 2.36. The van der Waals surface area contributed by atoms with E-state index in [1.807, 2.05) is 0 Å². The Morgan fingerprint density at radius 3 is 2.93 bits per heavy atom. The molecule has 2 aromatic rings. The summed E-state index contributed by atoms with van der Waals surface area (Å²) in [6.07, 6.45) is 5.20. The average molecular weight is 185 g/mol. The zero-order valence-corrected chi connectivity index (χ0v) is 8.56. The van der Waals surface area contributed by atoms with Crippen LogP contribution in [0.2, 0.25) is 0 Å². The van der Waals surface area contributed by atoms with Gasteiger partial charge in [-0.15, -0.1) is 0 Å². The summed E-state index contributed by atoms with van der Waals surface area (Å²) in [5, 5.41) is 1.46. The number of H-pyrrole nitrogens is 1. The zero-order valence-electron chi connectivity index (χ0n) is 8.56. The molecule has 0 spiro atoms. The second kappa shape index (κ2) is 2.88. The standard InChI is InChI=1S/C13H15N/c1-9-5-4-7-11-10-6-2-3-8-12(10)14-13(9)11/h4-5,7,14H,2-3,6,8H2,1H3. The topological polar surface area (TPSA) is 15.8 Å². The maximum atomic E-state index is 3.58. The summed E-state index contributed by atoms with van der Waals surface area (Å²) in [6.45, 7) is 2.18. The lowest BCUT2D eigenvalue weighted by atomic mass is 9.95. The fourth-order valence-corrected chi connectivity index (χ4v) is 2.58. The Morgan fingerprint density at radius 1 is 1.14 bits per heavy atom. The molecule has 1 heteroatoms. The van der Waals surface area contributed by atoms with E-state index in [1.54, 1.807) is 5.56 Å². The number of benzene rings is 1. The van der Waals surface area contributed by atoms with Gasteiger partial charge in [0.1, 0.15) is 0 Å². The number of hydrogen-bond donors (Lipinski definition) is 1. The van der Waals surface area contributed by atoms with Crippen molar-refractivity contribution in [2.24, 2.45) is 0 Å². The molecule has 0 atom stereocenters. The summed E-state index contributed by atoms with van der Waals surface area (Å²) < 4.78 is 0. The maximum absolute atomic E-state index is 3.58. The summed E-state index contributed by atoms with van der Waals surface area (Å²) in [6, 6.07) is 6.60. The third-order valence-corrected chi connectivity index (χ3v) is 3.34. The van der Waals surface area contributed by atoms with Gasteiger partial charge in [-0.05, 0) is 43.7 Å². The van der Waals surface area contributed by atoms with E-state index in [0.717, 1.165) is 0 Å². The number of nitrogens with one attached hydrogen (secondary N) is 1. The minimum atomic E-state index is 1.24. The Kier molecular flexibility index (Phi) is 1.66. The number of fused-ring (bicyclic) bond motifs is 3. The van der Waals surface area contributed by atoms with Crippen molar-refractivity contribution in [2.75, 3.05) is 0 Å². The SMILES string of the molecule is Cc1cccc2c3c([nH]c12)CCCC3. The molecule has 1 aromatic heterocycles. The highest BCUT2D eigenvalue weighted by atomic mass is 14.7. The Morgan fingerprint density at radius 2 is 2.00 bits per heavy atom. The summed E-state index contributed by atoms with van der Waals surface area (Å²) in [5.41, 5.74) is 5.80. The molecule has 1 heterocycles. The van der Waals surface area contributed by atoms with Gasteiger partial charge in [0, 0.05) is 16.6 Å². The first-order chi connectivity index (χ1) is 6.86. The first-order valence-electron chi connectivity index (χ1n) is 5.45. The Labute approximate surface area is 84.1 Å². The predicted octanol–water partition coefficient (Wildman–Crippen LogP) is 3.36. The monoisotopic (exact) mass is 185 g/mol. The van der Waals surface area contributed by atoms with Gasteiger partial charge in [-0.1, -0.05) is 18.2 Å². The largest absolute Gasteiger partial charge is 0.358 e. The first-order valence-corrected chi connectivity index (χ1v) is 5.45. The third-order valence-electron chi connectivity index (χ3n) is 3.34. The summed E-state index contributed by atoms with van der Waals surface area (Å²) in [5.74, 6) is 0. The van der Waals surface area contributed by atoms with Crippen LogP contribution in [0.15, 0.2) is 18.2 Å². The van der Waals surface area contributed by atoms with Gasteiger partial charge in [0.2, 0.25) is 0 Å². The smallest absolute Gasteiger partial charge is 0.0488 e. The molecule has 0 bridgehead atoms. The second-order valence-electron chi connectivity index (χ2n) is 4.29. The normalized spacial score (nSPS) is 15.8. The van der Waals surface area contributed by atoms with Crippen LogP contribution in [-0.4, -0.2) is 4.98 Å². The number of aryl methyl sites for hydroxylation is 3. The van der Waals surface area contributed by atoms with Gasteiger partial charge in [0.25, 0.3) is 0 Å². The van der Waals surface area contributed by atoms with Crippen LogP contribution >= 0.6 is 0 Å². The lowest BCUT2D eigenvalue weighted by Gasteiger charge is -2.10. The summed E-state index contributed by atoms with van der Waals surface area (Å²) in [4.78, 5) is 3.58. The van der Waals surface area contributed by atoms with Crippen LogP contribution in [0, 0.1) is 6.92 Å². The van der Waals surface area contributed by atoms with E-state index in [9.17, 15) is 0 Å². The van der Waals surface area contributed by atoms with Gasteiger partial charge in [0.05, 0.1) is 0 Å². The molecule has 0 amide bonds. The minimum absolute atomic E-state index is 1.24. The third kappa shape index (κ3) is 1.02. The first kappa shape index (κ1) is 8.10. The van der Waals surface area contributed by atoms with Crippen LogP contribution in [0.4, 0.5) is 0 Å². The van der Waals surface area contributed by atoms with Crippen molar-refractivity contribution in [2.45, 2.75) is 32.6 Å². The van der Waals surface area contributed by atoms with E-state index >= 15 is 0 Å². The average Bonchev–Trinajstić information content (AvgIpc) is 2.59. The van der Waals surface area contributed by atoms with Crippen LogP contribution in [0.25, 0.3) is 10.9 Å². The van der Waals surface area contributed by atoms with Crippen molar-refractivity contribution in [3.05, 3.63) is 35.0 Å². The molecular weight excluding hydrogens is 170 g/mol. The van der Waals surface area contributed by atoms with Crippen molar-refractivity contribution in [1.82, 2.24) is 4.98 Å². The van der Waals surface area contributed by atoms with Crippen molar-refractivity contribution in [1.29, 1.82) is 0 Å². The molecule has 14 heavy (non-hydrogen) atoms. The highest BCUT2D eigenvalue weighted by molar-refractivity contribution is 5.87. The molecule has 72 valence electrons. The predicted molar refractivity (Wildman–Crippen MR) is 59.7 cm³/mol.